The molecule has 0 fully saturated rings. The summed E-state index contributed by atoms with van der Waals surface area (Å²) < 4.78 is 31.9. The monoisotopic (exact) mass is 361 g/mol. The average molecular weight is 362 g/mol. The van der Waals surface area contributed by atoms with Crippen molar-refractivity contribution in [2.75, 3.05) is 13.2 Å². The van der Waals surface area contributed by atoms with Crippen LogP contribution in [0.4, 0.5) is 0 Å². The number of rotatable bonds is 6. The molecular weight excluding hydrogens is 349 g/mol. The molecule has 0 saturated heterocycles. The van der Waals surface area contributed by atoms with Crippen LogP contribution in [0, 0.1) is 0 Å². The number of sulfonamides is 1. The zero-order valence-electron chi connectivity index (χ0n) is 11.3. The highest BCUT2D eigenvalue weighted by Gasteiger charge is 2.21. The van der Waals surface area contributed by atoms with Crippen molar-refractivity contribution in [3.63, 3.8) is 0 Å². The number of hydrogen-bond donors (Lipinski definition) is 2. The highest BCUT2D eigenvalue weighted by molar-refractivity contribution is 7.89. The Balaban J connectivity index is 2.00. The van der Waals surface area contributed by atoms with Gasteiger partial charge in [-0.15, -0.1) is 0 Å². The molecule has 8 heteroatoms. The van der Waals surface area contributed by atoms with Gasteiger partial charge in [-0.3, -0.25) is 0 Å². The first-order chi connectivity index (χ1) is 10.4. The fraction of sp³-hybridized carbons (Fsp3) is 0.143. The molecule has 22 heavy (non-hydrogen) atoms. The summed E-state index contributed by atoms with van der Waals surface area (Å²) in [6.07, 6.45) is 0. The Morgan fingerprint density at radius 3 is 2.50 bits per heavy atom. The minimum atomic E-state index is -3.94. The standard InChI is InChI=1S/C14H13Cl2NO4S/c15-10-8-12(16)14(18)13(9-10)22(19,20)17-6-7-21-11-4-2-1-3-5-11/h1-5,8-9,17-18H,6-7H2. The van der Waals surface area contributed by atoms with Crippen molar-refractivity contribution in [2.45, 2.75) is 4.90 Å². The van der Waals surface area contributed by atoms with Crippen LogP contribution < -0.4 is 9.46 Å². The predicted octanol–water partition coefficient (Wildman–Crippen LogP) is 3.06. The van der Waals surface area contributed by atoms with E-state index in [4.69, 9.17) is 27.9 Å². The van der Waals surface area contributed by atoms with Gasteiger partial charge in [-0.05, 0) is 24.3 Å². The molecule has 0 aliphatic rings. The predicted molar refractivity (Wildman–Crippen MR) is 85.3 cm³/mol. The molecule has 2 aromatic carbocycles. The van der Waals surface area contributed by atoms with Gasteiger partial charge in [-0.1, -0.05) is 41.4 Å². The second-order valence-corrected chi connectivity index (χ2v) is 6.87. The van der Waals surface area contributed by atoms with E-state index in [9.17, 15) is 13.5 Å². The van der Waals surface area contributed by atoms with Crippen molar-refractivity contribution < 1.29 is 18.3 Å². The molecule has 5 nitrogen and oxygen atoms in total. The third-order valence-corrected chi connectivity index (χ3v) is 4.67. The fourth-order valence-corrected chi connectivity index (χ4v) is 3.45. The maximum absolute atomic E-state index is 12.1. The highest BCUT2D eigenvalue weighted by Crippen LogP contribution is 2.33. The number of phenols is 1. The molecule has 0 aromatic heterocycles. The zero-order valence-corrected chi connectivity index (χ0v) is 13.6. The Bertz CT molecular complexity index is 751. The lowest BCUT2D eigenvalue weighted by molar-refractivity contribution is 0.322. The minimum Gasteiger partial charge on any atom is -0.505 e. The molecule has 0 heterocycles. The van der Waals surface area contributed by atoms with Crippen molar-refractivity contribution in [2.24, 2.45) is 0 Å². The molecule has 0 saturated carbocycles. The Morgan fingerprint density at radius 1 is 1.14 bits per heavy atom. The van der Waals surface area contributed by atoms with Crippen LogP contribution in [0.1, 0.15) is 0 Å². The van der Waals surface area contributed by atoms with E-state index in [2.05, 4.69) is 4.72 Å². The zero-order chi connectivity index (χ0) is 16.2. The molecule has 0 unspecified atom stereocenters. The maximum atomic E-state index is 12.1. The van der Waals surface area contributed by atoms with E-state index >= 15 is 0 Å². The molecule has 0 amide bonds. The fourth-order valence-electron chi connectivity index (χ4n) is 1.69. The lowest BCUT2D eigenvalue weighted by Gasteiger charge is -2.10. The summed E-state index contributed by atoms with van der Waals surface area (Å²) in [5.74, 6) is 0.0953. The Hall–Kier alpha value is -1.47. The molecule has 0 bridgehead atoms. The molecule has 0 aliphatic carbocycles. The van der Waals surface area contributed by atoms with Crippen molar-refractivity contribution in [3.8, 4) is 11.5 Å². The number of aromatic hydroxyl groups is 1. The average Bonchev–Trinajstić information content (AvgIpc) is 2.48. The third-order valence-electron chi connectivity index (χ3n) is 2.69. The van der Waals surface area contributed by atoms with Crippen molar-refractivity contribution in [3.05, 3.63) is 52.5 Å². The molecule has 0 radical (unpaired) electrons. The lowest BCUT2D eigenvalue weighted by atomic mass is 10.3. The Labute approximate surface area is 138 Å². The van der Waals surface area contributed by atoms with Gasteiger partial charge in [0.25, 0.3) is 0 Å². The number of benzene rings is 2. The van der Waals surface area contributed by atoms with Gasteiger partial charge in [-0.2, -0.15) is 0 Å². The summed E-state index contributed by atoms with van der Waals surface area (Å²) in [6.45, 7) is 0.166. The van der Waals surface area contributed by atoms with Gasteiger partial charge in [0, 0.05) is 11.6 Å². The molecule has 2 aromatic rings. The maximum Gasteiger partial charge on any atom is 0.244 e. The number of para-hydroxylation sites is 1. The van der Waals surface area contributed by atoms with E-state index < -0.39 is 15.8 Å². The van der Waals surface area contributed by atoms with Crippen LogP contribution in [0.5, 0.6) is 11.5 Å². The van der Waals surface area contributed by atoms with Gasteiger partial charge in [0.1, 0.15) is 17.3 Å². The summed E-state index contributed by atoms with van der Waals surface area (Å²) in [6, 6.07) is 11.4. The normalized spacial score (nSPS) is 11.4. The minimum absolute atomic E-state index is 0.0286. The summed E-state index contributed by atoms with van der Waals surface area (Å²) >= 11 is 11.5. The van der Waals surface area contributed by atoms with E-state index in [1.807, 2.05) is 18.2 Å². The number of halogens is 2. The van der Waals surface area contributed by atoms with E-state index in [0.717, 1.165) is 6.07 Å². The second-order valence-electron chi connectivity index (χ2n) is 4.29. The van der Waals surface area contributed by atoms with Gasteiger partial charge in [0.15, 0.2) is 5.75 Å². The van der Waals surface area contributed by atoms with Crippen molar-refractivity contribution >= 4 is 33.2 Å². The summed E-state index contributed by atoms with van der Waals surface area (Å²) in [7, 11) is -3.94. The largest absolute Gasteiger partial charge is 0.505 e. The van der Waals surface area contributed by atoms with Crippen molar-refractivity contribution in [1.82, 2.24) is 4.72 Å². The molecule has 2 N–H and O–H groups in total. The Morgan fingerprint density at radius 2 is 1.82 bits per heavy atom. The number of hydrogen-bond acceptors (Lipinski definition) is 4. The first kappa shape index (κ1) is 16.9. The van der Waals surface area contributed by atoms with E-state index in [1.54, 1.807) is 12.1 Å². The molecular formula is C14H13Cl2NO4S. The highest BCUT2D eigenvalue weighted by atomic mass is 35.5. The molecule has 118 valence electrons. The molecule has 0 aliphatic heterocycles. The van der Waals surface area contributed by atoms with E-state index in [0.29, 0.717) is 5.75 Å². The van der Waals surface area contributed by atoms with Crippen LogP contribution in [-0.4, -0.2) is 26.7 Å². The van der Waals surface area contributed by atoms with Crippen LogP contribution in [-0.2, 0) is 10.0 Å². The molecule has 0 spiro atoms. The number of nitrogens with one attached hydrogen (secondary N) is 1. The van der Waals surface area contributed by atoms with E-state index in [-0.39, 0.29) is 28.1 Å². The summed E-state index contributed by atoms with van der Waals surface area (Å²) in [5.41, 5.74) is 0. The van der Waals surface area contributed by atoms with Crippen LogP contribution in [0.3, 0.4) is 0 Å². The Kier molecular flexibility index (Phi) is 5.52. The summed E-state index contributed by atoms with van der Waals surface area (Å²) in [4.78, 5) is -0.371. The SMILES string of the molecule is O=S(=O)(NCCOc1ccccc1)c1cc(Cl)cc(Cl)c1O. The first-order valence-electron chi connectivity index (χ1n) is 6.25. The van der Waals surface area contributed by atoms with Crippen LogP contribution in [0.15, 0.2) is 47.4 Å². The second kappa shape index (κ2) is 7.19. The quantitative estimate of drug-likeness (QED) is 0.775. The van der Waals surface area contributed by atoms with Gasteiger partial charge >= 0.3 is 0 Å². The molecule has 2 rings (SSSR count). The first-order valence-corrected chi connectivity index (χ1v) is 8.49. The topological polar surface area (TPSA) is 75.6 Å². The van der Waals surface area contributed by atoms with Gasteiger partial charge in [0.05, 0.1) is 5.02 Å². The summed E-state index contributed by atoms with van der Waals surface area (Å²) in [5, 5.41) is 9.73. The van der Waals surface area contributed by atoms with Crippen LogP contribution >= 0.6 is 23.2 Å². The van der Waals surface area contributed by atoms with Crippen molar-refractivity contribution in [1.29, 1.82) is 0 Å². The van der Waals surface area contributed by atoms with Gasteiger partial charge in [-0.25, -0.2) is 13.1 Å². The van der Waals surface area contributed by atoms with Gasteiger partial charge in [0.2, 0.25) is 10.0 Å². The molecule has 0 atom stereocenters. The van der Waals surface area contributed by atoms with Gasteiger partial charge < -0.3 is 9.84 Å². The lowest BCUT2D eigenvalue weighted by Crippen LogP contribution is -2.28. The number of phenolic OH excluding ortho intramolecular Hbond substituents is 1. The smallest absolute Gasteiger partial charge is 0.244 e. The van der Waals surface area contributed by atoms with E-state index in [1.165, 1.54) is 6.07 Å². The van der Waals surface area contributed by atoms with Crippen LogP contribution in [0.25, 0.3) is 0 Å². The third kappa shape index (κ3) is 4.27. The van der Waals surface area contributed by atoms with Crippen LogP contribution in [0.2, 0.25) is 10.0 Å². The number of ether oxygens (including phenoxy) is 1.